The molecule has 2 radical (unpaired) electrons. The molecule has 1 saturated heterocycles. The molecule has 1 aromatic carbocycles. The molecule has 20 heavy (non-hydrogen) atoms. The number of ether oxygens (including phenoxy) is 1. The third-order valence-corrected chi connectivity index (χ3v) is 3.63. The summed E-state index contributed by atoms with van der Waals surface area (Å²) in [5, 5.41) is 0.833. The van der Waals surface area contributed by atoms with Gasteiger partial charge in [0, 0.05) is 6.00 Å². The molecule has 0 aliphatic carbocycles. The van der Waals surface area contributed by atoms with E-state index in [1.165, 1.54) is 0 Å². The second-order valence-electron chi connectivity index (χ2n) is 4.95. The average Bonchev–Trinajstić information content (AvgIpc) is 2.93. The van der Waals surface area contributed by atoms with Crippen LogP contribution in [-0.2, 0) is 9.57 Å². The largest absolute Gasteiger partial charge is 0.382 e. The predicted molar refractivity (Wildman–Crippen MR) is 71.1 cm³/mol. The van der Waals surface area contributed by atoms with Crippen molar-refractivity contribution in [3.63, 3.8) is 0 Å². The zero-order chi connectivity index (χ0) is 14.3. The maximum absolute atomic E-state index is 12.2. The first-order valence-electron chi connectivity index (χ1n) is 6.67. The van der Waals surface area contributed by atoms with E-state index in [1.54, 1.807) is 24.3 Å². The summed E-state index contributed by atoms with van der Waals surface area (Å²) >= 11 is 0. The van der Waals surface area contributed by atoms with E-state index in [1.807, 2.05) is 6.92 Å². The van der Waals surface area contributed by atoms with Crippen molar-refractivity contribution in [2.75, 3.05) is 0 Å². The summed E-state index contributed by atoms with van der Waals surface area (Å²) < 4.78 is 5.48. The summed E-state index contributed by atoms with van der Waals surface area (Å²) in [5.41, 5.74) is 0.738. The number of hydrogen-bond acceptors (Lipinski definition) is 4. The Kier molecular flexibility index (Phi) is 3.35. The van der Waals surface area contributed by atoms with Crippen LogP contribution >= 0.6 is 0 Å². The third-order valence-electron chi connectivity index (χ3n) is 3.63. The van der Waals surface area contributed by atoms with Crippen molar-refractivity contribution in [1.82, 2.24) is 5.06 Å². The van der Waals surface area contributed by atoms with Crippen LogP contribution in [0.15, 0.2) is 24.3 Å². The molecule has 1 unspecified atom stereocenters. The normalized spacial score (nSPS) is 29.1. The van der Waals surface area contributed by atoms with Crippen LogP contribution < -0.4 is 0 Å². The molecule has 0 bridgehead atoms. The molecule has 2 aliphatic heterocycles. The van der Waals surface area contributed by atoms with Gasteiger partial charge in [-0.15, -0.1) is 5.06 Å². The van der Waals surface area contributed by atoms with E-state index in [0.717, 1.165) is 5.06 Å². The van der Waals surface area contributed by atoms with Crippen molar-refractivity contribution in [2.45, 2.75) is 38.0 Å². The Balaban J connectivity index is 1.80. The van der Waals surface area contributed by atoms with Crippen LogP contribution in [-0.4, -0.2) is 42.9 Å². The Morgan fingerprint density at radius 2 is 1.90 bits per heavy atom. The summed E-state index contributed by atoms with van der Waals surface area (Å²) in [6.07, 6.45) is 0.597. The maximum Gasteiger partial charge on any atom is 0.285 e. The van der Waals surface area contributed by atoms with Crippen molar-refractivity contribution in [3.05, 3.63) is 35.4 Å². The van der Waals surface area contributed by atoms with Crippen LogP contribution in [0.25, 0.3) is 0 Å². The van der Waals surface area contributed by atoms with E-state index < -0.39 is 17.8 Å². The lowest BCUT2D eigenvalue weighted by Crippen LogP contribution is -2.37. The van der Waals surface area contributed by atoms with Crippen LogP contribution in [0, 0.1) is 0 Å². The van der Waals surface area contributed by atoms with Gasteiger partial charge in [0.1, 0.15) is 14.0 Å². The van der Waals surface area contributed by atoms with Crippen molar-refractivity contribution >= 4 is 19.7 Å². The van der Waals surface area contributed by atoms with E-state index in [4.69, 9.17) is 17.4 Å². The molecule has 3 rings (SSSR count). The lowest BCUT2D eigenvalue weighted by molar-refractivity contribution is -0.148. The maximum atomic E-state index is 12.2. The summed E-state index contributed by atoms with van der Waals surface area (Å²) in [4.78, 5) is 29.9. The molecule has 2 amide bonds. The highest BCUT2D eigenvalue weighted by Crippen LogP contribution is 2.29. The first-order chi connectivity index (χ1) is 9.61. The minimum absolute atomic E-state index is 0.200. The molecule has 1 fully saturated rings. The van der Waals surface area contributed by atoms with E-state index in [-0.39, 0.29) is 12.2 Å². The summed E-state index contributed by atoms with van der Waals surface area (Å²) in [6, 6.07) is 6.26. The summed E-state index contributed by atoms with van der Waals surface area (Å²) in [7, 11) is 5.73. The topological polar surface area (TPSA) is 55.8 Å². The number of fused-ring (bicyclic) bond motifs is 1. The van der Waals surface area contributed by atoms with E-state index in [2.05, 4.69) is 0 Å². The lowest BCUT2D eigenvalue weighted by Gasteiger charge is -2.22. The molecule has 0 aromatic heterocycles. The molecule has 6 heteroatoms. The number of hydroxylamine groups is 2. The number of carbonyl (C=O) groups excluding carboxylic acids is 2. The van der Waals surface area contributed by atoms with Crippen LogP contribution in [0.3, 0.4) is 0 Å². The van der Waals surface area contributed by atoms with Crippen molar-refractivity contribution in [1.29, 1.82) is 0 Å². The molecule has 0 spiro atoms. The van der Waals surface area contributed by atoms with Gasteiger partial charge < -0.3 is 4.74 Å². The summed E-state index contributed by atoms with van der Waals surface area (Å²) in [5.74, 6) is -0.859. The Morgan fingerprint density at radius 3 is 2.45 bits per heavy atom. The molecule has 1 aromatic rings. The van der Waals surface area contributed by atoms with Gasteiger partial charge in [-0.05, 0) is 25.0 Å². The fraction of sp³-hybridized carbons (Fsp3) is 0.429. The molecule has 5 nitrogen and oxygen atoms in total. The highest BCUT2D eigenvalue weighted by Gasteiger charge is 2.41. The molecular formula is C14H14BNO4. The van der Waals surface area contributed by atoms with Crippen molar-refractivity contribution in [3.8, 4) is 0 Å². The van der Waals surface area contributed by atoms with Crippen molar-refractivity contribution in [2.24, 2.45) is 0 Å². The first kappa shape index (κ1) is 13.3. The van der Waals surface area contributed by atoms with E-state index >= 15 is 0 Å². The van der Waals surface area contributed by atoms with Gasteiger partial charge in [0.15, 0.2) is 0 Å². The second-order valence-corrected chi connectivity index (χ2v) is 4.95. The zero-order valence-electron chi connectivity index (χ0n) is 11.1. The van der Waals surface area contributed by atoms with E-state index in [0.29, 0.717) is 24.0 Å². The first-order valence-corrected chi connectivity index (χ1v) is 6.67. The molecule has 102 valence electrons. The molecule has 3 atom stereocenters. The number of carbonyl (C=O) groups is 2. The number of benzene rings is 1. The standard InChI is InChI=1S/C14H14BNO4/c1-2-10-11(7-12(15)19-10)20-16-13(17)8-5-3-4-6-9(8)14(16)18/h3-6,10-12H,2,7H2,1H3/t10-,11?,12-/m1/s1. The quantitative estimate of drug-likeness (QED) is 0.613. The van der Waals surface area contributed by atoms with Gasteiger partial charge in [-0.3, -0.25) is 14.4 Å². The SMILES string of the molecule is [B][C@H]1CC(ON2C(=O)c3ccccc3C2=O)[C@@H](CC)O1. The fourth-order valence-corrected chi connectivity index (χ4v) is 2.62. The van der Waals surface area contributed by atoms with Gasteiger partial charge in [0.25, 0.3) is 11.8 Å². The van der Waals surface area contributed by atoms with Crippen LogP contribution in [0.1, 0.15) is 40.5 Å². The Morgan fingerprint density at radius 1 is 1.30 bits per heavy atom. The minimum Gasteiger partial charge on any atom is -0.382 e. The van der Waals surface area contributed by atoms with Crippen molar-refractivity contribution < 1.29 is 19.2 Å². The van der Waals surface area contributed by atoms with Gasteiger partial charge in [-0.25, -0.2) is 0 Å². The smallest absolute Gasteiger partial charge is 0.285 e. The predicted octanol–water partition coefficient (Wildman–Crippen LogP) is 1.28. The van der Waals surface area contributed by atoms with Gasteiger partial charge >= 0.3 is 0 Å². The Bertz CT molecular complexity index is 527. The molecule has 0 saturated carbocycles. The van der Waals surface area contributed by atoms with Gasteiger partial charge in [0.05, 0.1) is 17.2 Å². The lowest BCUT2D eigenvalue weighted by atomic mass is 9.96. The fourth-order valence-electron chi connectivity index (χ4n) is 2.62. The highest BCUT2D eigenvalue weighted by molar-refractivity contribution is 6.20. The number of hydrogen-bond donors (Lipinski definition) is 0. The highest BCUT2D eigenvalue weighted by atomic mass is 16.7. The average molecular weight is 271 g/mol. The number of rotatable bonds is 3. The minimum atomic E-state index is -0.430. The number of imide groups is 1. The summed E-state index contributed by atoms with van der Waals surface area (Å²) in [6.45, 7) is 1.95. The Hall–Kier alpha value is -1.66. The third kappa shape index (κ3) is 2.05. The van der Waals surface area contributed by atoms with Crippen LogP contribution in [0.2, 0.25) is 0 Å². The molecule has 2 aliphatic rings. The number of amides is 2. The van der Waals surface area contributed by atoms with E-state index in [9.17, 15) is 9.59 Å². The van der Waals surface area contributed by atoms with Crippen LogP contribution in [0.4, 0.5) is 0 Å². The van der Waals surface area contributed by atoms with Gasteiger partial charge in [-0.2, -0.15) is 0 Å². The monoisotopic (exact) mass is 271 g/mol. The van der Waals surface area contributed by atoms with Crippen LogP contribution in [0.5, 0.6) is 0 Å². The number of nitrogens with zero attached hydrogens (tertiary/aromatic N) is 1. The second kappa shape index (κ2) is 5.03. The molecule has 0 N–H and O–H groups in total. The molecular weight excluding hydrogens is 257 g/mol. The Labute approximate surface area is 118 Å². The zero-order valence-corrected chi connectivity index (χ0v) is 11.1. The van der Waals surface area contributed by atoms with Gasteiger partial charge in [0.2, 0.25) is 0 Å². The molecule has 2 heterocycles. The van der Waals surface area contributed by atoms with Gasteiger partial charge in [-0.1, -0.05) is 19.1 Å².